The molecule has 0 fully saturated rings. The van der Waals surface area contributed by atoms with Crippen LogP contribution in [0, 0.1) is 18.8 Å². The van der Waals surface area contributed by atoms with Crippen molar-refractivity contribution in [2.45, 2.75) is 39.8 Å². The van der Waals surface area contributed by atoms with Crippen LogP contribution in [0.4, 0.5) is 5.82 Å². The van der Waals surface area contributed by atoms with E-state index >= 15 is 0 Å². The average molecular weight is 625 g/mol. The van der Waals surface area contributed by atoms with Crippen molar-refractivity contribution in [2.75, 3.05) is 12.4 Å². The van der Waals surface area contributed by atoms with Crippen molar-refractivity contribution >= 4 is 28.6 Å². The molecule has 0 spiro atoms. The summed E-state index contributed by atoms with van der Waals surface area (Å²) in [4.78, 5) is 47.4. The Balaban J connectivity index is 1.37. The van der Waals surface area contributed by atoms with E-state index in [-0.39, 0.29) is 23.2 Å². The van der Waals surface area contributed by atoms with Crippen LogP contribution < -0.4 is 26.1 Å². The monoisotopic (exact) mass is 624 g/mol. The summed E-state index contributed by atoms with van der Waals surface area (Å²) in [7, 11) is 1.59. The van der Waals surface area contributed by atoms with E-state index in [9.17, 15) is 19.5 Å². The number of nitrogens with two attached hydrogens (primary N) is 1. The average Bonchev–Trinajstić information content (AvgIpc) is 3.29. The number of pyridine rings is 2. The van der Waals surface area contributed by atoms with Crippen molar-refractivity contribution in [3.63, 3.8) is 0 Å². The number of hydrogen-bond donors (Lipinski definition) is 3. The lowest BCUT2D eigenvalue weighted by atomic mass is 9.91. The lowest BCUT2D eigenvalue weighted by Crippen LogP contribution is -2.37. The van der Waals surface area contributed by atoms with Gasteiger partial charge in [0.2, 0.25) is 0 Å². The number of nitrogens with zero attached hydrogens (tertiary/aromatic N) is 4. The van der Waals surface area contributed by atoms with Gasteiger partial charge in [0.1, 0.15) is 34.7 Å². The lowest BCUT2D eigenvalue weighted by Gasteiger charge is -2.22. The summed E-state index contributed by atoms with van der Waals surface area (Å²) in [5, 5.41) is 12.8. The van der Waals surface area contributed by atoms with Crippen LogP contribution in [0.15, 0.2) is 83.9 Å². The number of ether oxygens (including phenoxy) is 2. The van der Waals surface area contributed by atoms with Crippen LogP contribution in [0.5, 0.6) is 17.2 Å². The third kappa shape index (κ3) is 6.76. The summed E-state index contributed by atoms with van der Waals surface area (Å²) in [6.45, 7) is 5.83. The van der Waals surface area contributed by atoms with Gasteiger partial charge in [-0.15, -0.1) is 0 Å². The van der Waals surface area contributed by atoms with Crippen LogP contribution in [0.2, 0.25) is 0 Å². The van der Waals surface area contributed by atoms with E-state index in [4.69, 9.17) is 15.2 Å². The highest BCUT2D eigenvalue weighted by Gasteiger charge is 2.27. The van der Waals surface area contributed by atoms with Gasteiger partial charge in [-0.2, -0.15) is 0 Å². The molecule has 0 saturated heterocycles. The molecule has 3 heterocycles. The van der Waals surface area contributed by atoms with Gasteiger partial charge in [-0.3, -0.25) is 24.0 Å². The molecule has 46 heavy (non-hydrogen) atoms. The first-order valence-electron chi connectivity index (χ1n) is 14.8. The van der Waals surface area contributed by atoms with Crippen molar-refractivity contribution in [3.05, 3.63) is 101 Å². The normalized spacial score (nSPS) is 13.2. The lowest BCUT2D eigenvalue weighted by molar-refractivity contribution is -0.139. The van der Waals surface area contributed by atoms with E-state index in [0.717, 1.165) is 5.39 Å². The van der Waals surface area contributed by atoms with Gasteiger partial charge in [-0.25, -0.2) is 9.67 Å². The van der Waals surface area contributed by atoms with Crippen molar-refractivity contribution < 1.29 is 24.2 Å². The molecule has 5 aromatic rings. The van der Waals surface area contributed by atoms with Crippen LogP contribution in [0.3, 0.4) is 0 Å². The molecule has 1 amide bonds. The zero-order valence-corrected chi connectivity index (χ0v) is 26.0. The first-order valence-corrected chi connectivity index (χ1v) is 14.8. The van der Waals surface area contributed by atoms with Gasteiger partial charge >= 0.3 is 5.97 Å². The van der Waals surface area contributed by atoms with Crippen molar-refractivity contribution in [1.29, 1.82) is 0 Å². The van der Waals surface area contributed by atoms with Crippen LogP contribution in [-0.4, -0.2) is 49.5 Å². The zero-order chi connectivity index (χ0) is 33.0. The second-order valence-electron chi connectivity index (χ2n) is 11.3. The molecule has 2 unspecified atom stereocenters. The molecular weight excluding hydrogens is 588 g/mol. The number of amides is 1. The van der Waals surface area contributed by atoms with Gasteiger partial charge < -0.3 is 25.6 Å². The van der Waals surface area contributed by atoms with Crippen LogP contribution in [-0.2, 0) is 11.3 Å². The molecule has 4 N–H and O–H groups in total. The molecule has 0 aliphatic rings. The topological polar surface area (TPSA) is 164 Å². The number of fused-ring (bicyclic) bond motifs is 1. The molecule has 12 nitrogen and oxygen atoms in total. The Morgan fingerprint density at radius 2 is 1.76 bits per heavy atom. The third-order valence-electron chi connectivity index (χ3n) is 7.90. The first kappa shape index (κ1) is 31.9. The first-order chi connectivity index (χ1) is 22.1. The van der Waals surface area contributed by atoms with Gasteiger partial charge in [0.15, 0.2) is 0 Å². The maximum absolute atomic E-state index is 13.8. The Kier molecular flexibility index (Phi) is 9.47. The second kappa shape index (κ2) is 13.7. The van der Waals surface area contributed by atoms with Gasteiger partial charge in [0.05, 0.1) is 30.2 Å². The smallest absolute Gasteiger partial charge is 0.320 e. The predicted molar refractivity (Wildman–Crippen MR) is 174 cm³/mol. The quantitative estimate of drug-likeness (QED) is 0.173. The van der Waals surface area contributed by atoms with Gasteiger partial charge in [-0.05, 0) is 67.6 Å². The number of aliphatic carboxylic acids is 1. The van der Waals surface area contributed by atoms with Gasteiger partial charge in [0, 0.05) is 24.2 Å². The van der Waals surface area contributed by atoms with E-state index in [1.165, 1.54) is 10.9 Å². The fourth-order valence-corrected chi connectivity index (χ4v) is 5.49. The molecule has 0 bridgehead atoms. The van der Waals surface area contributed by atoms with E-state index in [1.54, 1.807) is 62.2 Å². The molecule has 0 saturated carbocycles. The number of anilines is 1. The van der Waals surface area contributed by atoms with Crippen molar-refractivity contribution in [2.24, 2.45) is 17.6 Å². The summed E-state index contributed by atoms with van der Waals surface area (Å²) in [5.74, 6) is -0.0485. The SMILES string of the molecule is COc1ccc2c(Oc3ccc(NC(=O)c4c(C)n(C[C@H](C)CC(C)C(N)C(=O)O)n(-c5ccccc5)c4=O)nc3)ccnc2c1. The van der Waals surface area contributed by atoms with E-state index < -0.39 is 23.5 Å². The predicted octanol–water partition coefficient (Wildman–Crippen LogP) is 5.02. The maximum Gasteiger partial charge on any atom is 0.320 e. The second-order valence-corrected chi connectivity index (χ2v) is 11.3. The maximum atomic E-state index is 13.8. The highest BCUT2D eigenvalue weighted by molar-refractivity contribution is 6.04. The molecule has 0 radical (unpaired) electrons. The Hall–Kier alpha value is -5.49. The number of methoxy groups -OCH3 is 1. The number of rotatable bonds is 12. The number of carbonyl (C=O) groups excluding carboxylic acids is 1. The summed E-state index contributed by atoms with van der Waals surface area (Å²) in [5.41, 5.74) is 7.11. The molecule has 2 aromatic carbocycles. The largest absolute Gasteiger partial charge is 0.497 e. The fourth-order valence-electron chi connectivity index (χ4n) is 5.49. The molecule has 5 rings (SSSR count). The summed E-state index contributed by atoms with van der Waals surface area (Å²) in [6.07, 6.45) is 3.63. The Bertz CT molecular complexity index is 1920. The van der Waals surface area contributed by atoms with E-state index in [2.05, 4.69) is 15.3 Å². The van der Waals surface area contributed by atoms with Crippen LogP contribution >= 0.6 is 0 Å². The molecule has 238 valence electrons. The minimum absolute atomic E-state index is 0.0212. The van der Waals surface area contributed by atoms with Crippen molar-refractivity contribution in [3.8, 4) is 22.9 Å². The van der Waals surface area contributed by atoms with Crippen LogP contribution in [0.1, 0.15) is 36.3 Å². The summed E-state index contributed by atoms with van der Waals surface area (Å²) >= 11 is 0. The fraction of sp³-hybridized carbons (Fsp3) is 0.265. The van der Waals surface area contributed by atoms with Crippen LogP contribution in [0.25, 0.3) is 16.6 Å². The molecule has 3 aromatic heterocycles. The van der Waals surface area contributed by atoms with Gasteiger partial charge in [0.25, 0.3) is 11.5 Å². The number of benzene rings is 2. The number of carbonyl (C=O) groups is 2. The number of hydrogen-bond acceptors (Lipinski definition) is 8. The number of carboxylic acids is 1. The van der Waals surface area contributed by atoms with Gasteiger partial charge in [-0.1, -0.05) is 32.0 Å². The molecule has 3 atom stereocenters. The molecule has 0 aliphatic heterocycles. The molecule has 0 aliphatic carbocycles. The van der Waals surface area contributed by atoms with E-state index in [0.29, 0.717) is 47.1 Å². The highest BCUT2D eigenvalue weighted by Crippen LogP contribution is 2.31. The molecule has 12 heteroatoms. The Labute approximate surface area is 265 Å². The Morgan fingerprint density at radius 3 is 2.43 bits per heavy atom. The van der Waals surface area contributed by atoms with Crippen molar-refractivity contribution in [1.82, 2.24) is 19.3 Å². The highest BCUT2D eigenvalue weighted by atomic mass is 16.5. The number of nitrogens with one attached hydrogen (secondary N) is 1. The summed E-state index contributed by atoms with van der Waals surface area (Å²) in [6, 6.07) is 18.6. The summed E-state index contributed by atoms with van der Waals surface area (Å²) < 4.78 is 14.6. The number of carboxylic acid groups (broad SMARTS) is 1. The number of aromatic nitrogens is 4. The standard InChI is InChI=1S/C34H36N6O6/c1-20(16-21(2)31(35)34(43)44)19-39-22(3)30(33(42)40(39)23-8-6-5-7-9-23)32(41)38-29-13-11-25(18-37-29)46-28-14-15-36-27-17-24(45-4)10-12-26(27)28/h5-15,17-18,20-21,31H,16,19,35H2,1-4H3,(H,43,44)(H,37,38,41)/t20-,21?,31?/m1/s1. The minimum atomic E-state index is -1.06. The zero-order valence-electron chi connectivity index (χ0n) is 26.0. The third-order valence-corrected chi connectivity index (χ3v) is 7.90. The number of para-hydroxylation sites is 1. The molecular formula is C34H36N6O6. The minimum Gasteiger partial charge on any atom is -0.497 e. The Morgan fingerprint density at radius 1 is 1.02 bits per heavy atom. The van der Waals surface area contributed by atoms with E-state index in [1.807, 2.05) is 43.3 Å².